The molecule has 0 saturated heterocycles. The van der Waals surface area contributed by atoms with Crippen LogP contribution < -0.4 is 11.1 Å². The van der Waals surface area contributed by atoms with E-state index in [-0.39, 0.29) is 28.5 Å². The number of carbonyl (C=O) groups excluding carboxylic acids is 1. The van der Waals surface area contributed by atoms with Crippen molar-refractivity contribution in [3.63, 3.8) is 0 Å². The zero-order chi connectivity index (χ0) is 13.6. The van der Waals surface area contributed by atoms with Crippen LogP contribution in [0.4, 0.5) is 0 Å². The van der Waals surface area contributed by atoms with Gasteiger partial charge in [-0.25, -0.2) is 0 Å². The third kappa shape index (κ3) is 1.98. The molecule has 0 spiro atoms. The van der Waals surface area contributed by atoms with E-state index in [9.17, 15) is 4.79 Å². The predicted molar refractivity (Wildman–Crippen MR) is 66.7 cm³/mol. The predicted octanol–water partition coefficient (Wildman–Crippen LogP) is 1.31. The number of amidine groups is 1. The average Bonchev–Trinajstić information content (AvgIpc) is 2.55. The molecule has 0 aliphatic heterocycles. The van der Waals surface area contributed by atoms with Crippen LogP contribution in [0.3, 0.4) is 0 Å². The van der Waals surface area contributed by atoms with Crippen LogP contribution in [0.2, 0.25) is 0 Å². The second-order valence-electron chi connectivity index (χ2n) is 6.48. The van der Waals surface area contributed by atoms with Gasteiger partial charge in [0.15, 0.2) is 5.84 Å². The van der Waals surface area contributed by atoms with Crippen LogP contribution in [0.1, 0.15) is 41.5 Å². The molecule has 1 aliphatic carbocycles. The normalized spacial score (nSPS) is 23.3. The lowest BCUT2D eigenvalue weighted by molar-refractivity contribution is -0.124. The molecule has 98 valence electrons. The summed E-state index contributed by atoms with van der Waals surface area (Å²) in [6.07, 6.45) is 0. The van der Waals surface area contributed by atoms with E-state index in [2.05, 4.69) is 38.2 Å². The molecule has 17 heavy (non-hydrogen) atoms. The monoisotopic (exact) mass is 241 g/mol. The molecule has 0 aromatic carbocycles. The number of oxime groups is 1. The molecule has 0 aromatic heterocycles. The number of hydrogen-bond donors (Lipinski definition) is 3. The van der Waals surface area contributed by atoms with Crippen molar-refractivity contribution in [3.8, 4) is 0 Å². The zero-order valence-corrected chi connectivity index (χ0v) is 11.5. The van der Waals surface area contributed by atoms with Gasteiger partial charge in [-0.2, -0.15) is 0 Å². The third-order valence-corrected chi connectivity index (χ3v) is 4.47. The summed E-state index contributed by atoms with van der Waals surface area (Å²) in [4.78, 5) is 12.2. The summed E-state index contributed by atoms with van der Waals surface area (Å²) >= 11 is 0. The fourth-order valence-electron chi connectivity index (χ4n) is 2.42. The lowest BCUT2D eigenvalue weighted by Crippen LogP contribution is -2.54. The first-order valence-electron chi connectivity index (χ1n) is 5.78. The Morgan fingerprint density at radius 1 is 1.29 bits per heavy atom. The summed E-state index contributed by atoms with van der Waals surface area (Å²) in [7, 11) is 0. The molecule has 1 rings (SSSR count). The minimum Gasteiger partial charge on any atom is -0.409 e. The van der Waals surface area contributed by atoms with E-state index in [1.807, 2.05) is 0 Å². The number of hydrogen-bond acceptors (Lipinski definition) is 3. The quantitative estimate of drug-likeness (QED) is 0.301. The average molecular weight is 241 g/mol. The highest BCUT2D eigenvalue weighted by Gasteiger charge is 2.68. The highest BCUT2D eigenvalue weighted by atomic mass is 16.4. The van der Waals surface area contributed by atoms with Crippen molar-refractivity contribution in [3.05, 3.63) is 0 Å². The van der Waals surface area contributed by atoms with E-state index in [0.29, 0.717) is 0 Å². The Morgan fingerprint density at radius 2 is 1.71 bits per heavy atom. The summed E-state index contributed by atoms with van der Waals surface area (Å²) in [5.41, 5.74) is 4.68. The summed E-state index contributed by atoms with van der Waals surface area (Å²) in [5, 5.41) is 14.4. The van der Waals surface area contributed by atoms with Gasteiger partial charge in [0.25, 0.3) is 0 Å². The van der Waals surface area contributed by atoms with Crippen molar-refractivity contribution in [1.82, 2.24) is 5.32 Å². The first kappa shape index (κ1) is 13.8. The van der Waals surface area contributed by atoms with E-state index in [1.165, 1.54) is 0 Å². The summed E-state index contributed by atoms with van der Waals surface area (Å²) < 4.78 is 0. The van der Waals surface area contributed by atoms with Gasteiger partial charge < -0.3 is 16.3 Å². The summed E-state index contributed by atoms with van der Waals surface area (Å²) in [5.74, 6) is -0.0838. The van der Waals surface area contributed by atoms with Crippen LogP contribution >= 0.6 is 0 Å². The Hall–Kier alpha value is -1.26. The fraction of sp³-hybridized carbons (Fsp3) is 0.833. The maximum Gasteiger partial charge on any atom is 0.225 e. The van der Waals surface area contributed by atoms with Crippen LogP contribution in [0.25, 0.3) is 0 Å². The molecule has 0 radical (unpaired) electrons. The van der Waals surface area contributed by atoms with Crippen LogP contribution in [-0.4, -0.2) is 22.5 Å². The van der Waals surface area contributed by atoms with Crippen LogP contribution in [-0.2, 0) is 4.79 Å². The lowest BCUT2D eigenvalue weighted by Gasteiger charge is -2.25. The molecule has 0 unspecified atom stereocenters. The zero-order valence-electron chi connectivity index (χ0n) is 11.5. The lowest BCUT2D eigenvalue weighted by atomic mass is 10.0. The minimum absolute atomic E-state index is 0.00196. The molecule has 0 bridgehead atoms. The highest BCUT2D eigenvalue weighted by molar-refractivity contribution is 5.94. The number of nitrogens with zero attached hydrogens (tertiary/aromatic N) is 1. The smallest absolute Gasteiger partial charge is 0.225 e. The Labute approximate surface area is 102 Å². The summed E-state index contributed by atoms with van der Waals surface area (Å²) in [6, 6.07) is 0. The van der Waals surface area contributed by atoms with Crippen molar-refractivity contribution >= 4 is 11.7 Å². The number of rotatable bonds is 3. The summed E-state index contributed by atoms with van der Waals surface area (Å²) in [6.45, 7) is 11.7. The van der Waals surface area contributed by atoms with Crippen molar-refractivity contribution < 1.29 is 10.0 Å². The molecule has 5 heteroatoms. The molecule has 0 aromatic rings. The van der Waals surface area contributed by atoms with E-state index in [4.69, 9.17) is 10.9 Å². The van der Waals surface area contributed by atoms with Gasteiger partial charge in [0.2, 0.25) is 5.91 Å². The van der Waals surface area contributed by atoms with E-state index < -0.39 is 5.54 Å². The Bertz CT molecular complexity index is 356. The van der Waals surface area contributed by atoms with Crippen molar-refractivity contribution in [1.29, 1.82) is 0 Å². The second-order valence-corrected chi connectivity index (χ2v) is 6.48. The van der Waals surface area contributed by atoms with Gasteiger partial charge in [-0.3, -0.25) is 4.79 Å². The second kappa shape index (κ2) is 3.62. The maximum absolute atomic E-state index is 12.2. The van der Waals surface area contributed by atoms with Gasteiger partial charge in [-0.05, 0) is 24.7 Å². The van der Waals surface area contributed by atoms with Gasteiger partial charge in [-0.15, -0.1) is 0 Å². The van der Waals surface area contributed by atoms with Crippen molar-refractivity contribution in [2.24, 2.45) is 27.6 Å². The molecule has 1 aliphatic rings. The topological polar surface area (TPSA) is 87.7 Å². The molecular weight excluding hydrogens is 218 g/mol. The van der Waals surface area contributed by atoms with Crippen LogP contribution in [0, 0.1) is 16.7 Å². The number of nitrogens with one attached hydrogen (secondary N) is 1. The van der Waals surface area contributed by atoms with Gasteiger partial charge in [0.1, 0.15) is 0 Å². The molecule has 5 nitrogen and oxygen atoms in total. The van der Waals surface area contributed by atoms with Crippen LogP contribution in [0.5, 0.6) is 0 Å². The molecule has 1 saturated carbocycles. The fourth-order valence-corrected chi connectivity index (χ4v) is 2.42. The van der Waals surface area contributed by atoms with E-state index in [0.717, 1.165) is 0 Å². The number of amides is 1. The maximum atomic E-state index is 12.2. The van der Waals surface area contributed by atoms with Gasteiger partial charge in [0.05, 0.1) is 5.54 Å². The number of carbonyl (C=O) groups is 1. The molecule has 4 N–H and O–H groups in total. The van der Waals surface area contributed by atoms with Gasteiger partial charge >= 0.3 is 0 Å². The third-order valence-electron chi connectivity index (χ3n) is 4.47. The first-order valence-corrected chi connectivity index (χ1v) is 5.78. The molecule has 0 atom stereocenters. The van der Waals surface area contributed by atoms with Gasteiger partial charge in [0, 0.05) is 5.92 Å². The van der Waals surface area contributed by atoms with Crippen LogP contribution in [0.15, 0.2) is 5.16 Å². The first-order chi connectivity index (χ1) is 7.48. The Morgan fingerprint density at radius 3 is 2.00 bits per heavy atom. The van der Waals surface area contributed by atoms with Crippen molar-refractivity contribution in [2.75, 3.05) is 0 Å². The van der Waals surface area contributed by atoms with Gasteiger partial charge in [-0.1, -0.05) is 32.9 Å². The minimum atomic E-state index is -0.833. The Kier molecular flexibility index (Phi) is 2.94. The highest BCUT2D eigenvalue weighted by Crippen LogP contribution is 2.68. The molecule has 1 amide bonds. The number of nitrogens with two attached hydrogens (primary N) is 1. The Balaban J connectivity index is 2.77. The molecular formula is C12H23N3O2. The SMILES string of the molecule is CC(C)(NC(=O)C1C(C)(C)C1(C)C)C(N)=NO. The molecule has 1 fully saturated rings. The molecule has 0 heterocycles. The standard InChI is InChI=1S/C12H23N3O2/c1-10(2)7(11(10,3)4)8(16)14-12(5,6)9(13)15-17/h7,17H,1-6H3,(H2,13,15)(H,14,16). The van der Waals surface area contributed by atoms with E-state index >= 15 is 0 Å². The van der Waals surface area contributed by atoms with E-state index in [1.54, 1.807) is 13.8 Å². The van der Waals surface area contributed by atoms with Crippen molar-refractivity contribution in [2.45, 2.75) is 47.1 Å². The largest absolute Gasteiger partial charge is 0.409 e.